The van der Waals surface area contributed by atoms with E-state index >= 15 is 0 Å². The molecule has 1 nitrogen and oxygen atoms in total. The second-order valence-corrected chi connectivity index (χ2v) is 3.82. The van der Waals surface area contributed by atoms with Crippen molar-refractivity contribution in [1.82, 2.24) is 0 Å². The predicted octanol–water partition coefficient (Wildman–Crippen LogP) is 3.35. The smallest absolute Gasteiger partial charge is 0.0630 e. The van der Waals surface area contributed by atoms with Gasteiger partial charge in [0.25, 0.3) is 0 Å². The molecule has 0 saturated carbocycles. The minimum absolute atomic E-state index is 0.591. The van der Waals surface area contributed by atoms with Crippen LogP contribution in [0.1, 0.15) is 6.42 Å². The van der Waals surface area contributed by atoms with Gasteiger partial charge in [-0.15, -0.1) is 11.8 Å². The molecule has 0 heterocycles. The van der Waals surface area contributed by atoms with Crippen molar-refractivity contribution in [2.24, 2.45) is 0 Å². The van der Waals surface area contributed by atoms with E-state index in [0.717, 1.165) is 15.7 Å². The predicted molar refractivity (Wildman–Crippen MR) is 52.4 cm³/mol. The van der Waals surface area contributed by atoms with Crippen molar-refractivity contribution >= 4 is 23.4 Å². The molecule has 12 heavy (non-hydrogen) atoms. The number of rotatable bonds is 3. The van der Waals surface area contributed by atoms with Crippen molar-refractivity contribution in [3.63, 3.8) is 0 Å². The Bertz CT molecular complexity index is 276. The van der Waals surface area contributed by atoms with E-state index in [1.165, 1.54) is 0 Å². The summed E-state index contributed by atoms with van der Waals surface area (Å²) in [6.45, 7) is 0. The molecule has 62 valence electrons. The molecule has 3 heteroatoms. The normalized spacial score (nSPS) is 9.33. The summed E-state index contributed by atoms with van der Waals surface area (Å²) in [5.41, 5.74) is 0. The van der Waals surface area contributed by atoms with Crippen molar-refractivity contribution in [1.29, 1.82) is 5.26 Å². The monoisotopic (exact) mass is 197 g/mol. The lowest BCUT2D eigenvalue weighted by Crippen LogP contribution is -1.76. The number of nitrogens with zero attached hydrogens (tertiary/aromatic N) is 1. The lowest BCUT2D eigenvalue weighted by atomic mass is 10.4. The van der Waals surface area contributed by atoms with Gasteiger partial charge in [-0.3, -0.25) is 0 Å². The van der Waals surface area contributed by atoms with Gasteiger partial charge in [0.15, 0.2) is 0 Å². The van der Waals surface area contributed by atoms with Gasteiger partial charge in [0.05, 0.1) is 6.07 Å². The van der Waals surface area contributed by atoms with E-state index in [1.807, 2.05) is 24.3 Å². The number of halogens is 1. The van der Waals surface area contributed by atoms with E-state index < -0.39 is 0 Å². The fourth-order valence-electron chi connectivity index (χ4n) is 0.745. The number of hydrogen-bond donors (Lipinski definition) is 0. The van der Waals surface area contributed by atoms with Crippen LogP contribution in [0, 0.1) is 11.3 Å². The lowest BCUT2D eigenvalue weighted by Gasteiger charge is -1.97. The summed E-state index contributed by atoms with van der Waals surface area (Å²) in [6.07, 6.45) is 0.591. The number of hydrogen-bond acceptors (Lipinski definition) is 2. The summed E-state index contributed by atoms with van der Waals surface area (Å²) in [4.78, 5) is 1.16. The van der Waals surface area contributed by atoms with E-state index in [0.29, 0.717) is 6.42 Å². The Morgan fingerprint density at radius 3 is 2.58 bits per heavy atom. The third-order valence-corrected chi connectivity index (χ3v) is 2.56. The van der Waals surface area contributed by atoms with Crippen LogP contribution in [-0.4, -0.2) is 5.75 Å². The third-order valence-electron chi connectivity index (χ3n) is 1.30. The summed E-state index contributed by atoms with van der Waals surface area (Å²) in [6, 6.07) is 9.74. The molecule has 1 aromatic rings. The minimum atomic E-state index is 0.591. The molecule has 0 aliphatic rings. The van der Waals surface area contributed by atoms with E-state index in [2.05, 4.69) is 6.07 Å². The zero-order valence-corrected chi connectivity index (χ0v) is 8.03. The van der Waals surface area contributed by atoms with Gasteiger partial charge in [-0.05, 0) is 24.3 Å². The van der Waals surface area contributed by atoms with Crippen molar-refractivity contribution in [2.75, 3.05) is 5.75 Å². The van der Waals surface area contributed by atoms with E-state index in [9.17, 15) is 0 Å². The van der Waals surface area contributed by atoms with Crippen LogP contribution < -0.4 is 0 Å². The maximum atomic E-state index is 8.30. The first-order valence-corrected chi connectivity index (χ1v) is 4.94. The molecule has 0 saturated heterocycles. The zero-order valence-electron chi connectivity index (χ0n) is 6.46. The van der Waals surface area contributed by atoms with Gasteiger partial charge in [0.2, 0.25) is 0 Å². The van der Waals surface area contributed by atoms with Crippen LogP contribution in [0.3, 0.4) is 0 Å². The number of benzene rings is 1. The molecule has 0 spiro atoms. The summed E-state index contributed by atoms with van der Waals surface area (Å²) >= 11 is 7.38. The van der Waals surface area contributed by atoms with Crippen LogP contribution in [0.25, 0.3) is 0 Å². The SMILES string of the molecule is N#CCCSc1ccc(Cl)cc1. The quantitative estimate of drug-likeness (QED) is 0.548. The van der Waals surface area contributed by atoms with Crippen molar-refractivity contribution in [3.05, 3.63) is 29.3 Å². The fraction of sp³-hybridized carbons (Fsp3) is 0.222. The highest BCUT2D eigenvalue weighted by Gasteiger charge is 1.92. The van der Waals surface area contributed by atoms with E-state index in [4.69, 9.17) is 16.9 Å². The number of nitriles is 1. The van der Waals surface area contributed by atoms with E-state index in [-0.39, 0.29) is 0 Å². The Morgan fingerprint density at radius 1 is 1.33 bits per heavy atom. The van der Waals surface area contributed by atoms with Crippen LogP contribution in [0.15, 0.2) is 29.2 Å². The molecule has 0 fully saturated rings. The Kier molecular flexibility index (Phi) is 3.99. The summed E-state index contributed by atoms with van der Waals surface area (Å²) in [5.74, 6) is 0.845. The summed E-state index contributed by atoms with van der Waals surface area (Å²) in [5, 5.41) is 9.05. The third kappa shape index (κ3) is 3.17. The van der Waals surface area contributed by atoms with Gasteiger partial charge in [-0.2, -0.15) is 5.26 Å². The molecule has 0 bridgehead atoms. The Balaban J connectivity index is 2.43. The Labute approximate surface area is 81.3 Å². The molecule has 0 unspecified atom stereocenters. The standard InChI is InChI=1S/C9H8ClNS/c10-8-2-4-9(5-3-8)12-7-1-6-11/h2-5H,1,7H2. The molecule has 0 amide bonds. The highest BCUT2D eigenvalue weighted by atomic mass is 35.5. The maximum absolute atomic E-state index is 8.30. The zero-order chi connectivity index (χ0) is 8.81. The van der Waals surface area contributed by atoms with Crippen LogP contribution >= 0.6 is 23.4 Å². The second kappa shape index (κ2) is 5.08. The van der Waals surface area contributed by atoms with Crippen LogP contribution in [0.4, 0.5) is 0 Å². The van der Waals surface area contributed by atoms with Gasteiger partial charge in [0.1, 0.15) is 0 Å². The van der Waals surface area contributed by atoms with Crippen LogP contribution in [0.5, 0.6) is 0 Å². The topological polar surface area (TPSA) is 23.8 Å². The average molecular weight is 198 g/mol. The first kappa shape index (κ1) is 9.44. The van der Waals surface area contributed by atoms with Gasteiger partial charge in [-0.1, -0.05) is 11.6 Å². The summed E-state index contributed by atoms with van der Waals surface area (Å²) in [7, 11) is 0. The maximum Gasteiger partial charge on any atom is 0.0630 e. The van der Waals surface area contributed by atoms with Crippen LogP contribution in [0.2, 0.25) is 5.02 Å². The van der Waals surface area contributed by atoms with E-state index in [1.54, 1.807) is 11.8 Å². The van der Waals surface area contributed by atoms with Gasteiger partial charge in [0, 0.05) is 22.1 Å². The first-order valence-electron chi connectivity index (χ1n) is 3.58. The number of thioether (sulfide) groups is 1. The van der Waals surface area contributed by atoms with Crippen LogP contribution in [-0.2, 0) is 0 Å². The largest absolute Gasteiger partial charge is 0.198 e. The molecular weight excluding hydrogens is 190 g/mol. The molecule has 0 radical (unpaired) electrons. The van der Waals surface area contributed by atoms with Crippen molar-refractivity contribution < 1.29 is 0 Å². The average Bonchev–Trinajstić information content (AvgIpc) is 2.09. The molecule has 0 N–H and O–H groups in total. The fourth-order valence-corrected chi connectivity index (χ4v) is 1.63. The van der Waals surface area contributed by atoms with Crippen molar-refractivity contribution in [2.45, 2.75) is 11.3 Å². The molecule has 0 aliphatic heterocycles. The minimum Gasteiger partial charge on any atom is -0.198 e. The molecule has 0 aliphatic carbocycles. The highest BCUT2D eigenvalue weighted by molar-refractivity contribution is 7.99. The lowest BCUT2D eigenvalue weighted by molar-refractivity contribution is 1.23. The molecular formula is C9H8ClNS. The molecule has 1 rings (SSSR count). The van der Waals surface area contributed by atoms with Gasteiger partial charge in [-0.25, -0.2) is 0 Å². The second-order valence-electron chi connectivity index (χ2n) is 2.21. The molecule has 0 atom stereocenters. The van der Waals surface area contributed by atoms with Crippen molar-refractivity contribution in [3.8, 4) is 6.07 Å². The van der Waals surface area contributed by atoms with Gasteiger partial charge >= 0.3 is 0 Å². The molecule has 1 aromatic carbocycles. The first-order chi connectivity index (χ1) is 5.83. The summed E-state index contributed by atoms with van der Waals surface area (Å²) < 4.78 is 0. The van der Waals surface area contributed by atoms with Gasteiger partial charge < -0.3 is 0 Å². The Hall–Kier alpha value is -0.650. The molecule has 0 aromatic heterocycles. The Morgan fingerprint density at radius 2 is 2.00 bits per heavy atom. The highest BCUT2D eigenvalue weighted by Crippen LogP contribution is 2.20.